The van der Waals surface area contributed by atoms with E-state index in [0.717, 1.165) is 28.9 Å². The number of aromatic nitrogens is 4. The van der Waals surface area contributed by atoms with Crippen LogP contribution in [0.25, 0.3) is 16.8 Å². The SMILES string of the molecule is COc1ccc(-c2c(C)nn3c4c(nnc23)C(=O)CC(C)(C)C4)cc1OC. The maximum Gasteiger partial charge on any atom is 0.185 e. The van der Waals surface area contributed by atoms with Gasteiger partial charge >= 0.3 is 0 Å². The van der Waals surface area contributed by atoms with Crippen molar-refractivity contribution in [3.8, 4) is 22.6 Å². The van der Waals surface area contributed by atoms with E-state index >= 15 is 0 Å². The van der Waals surface area contributed by atoms with E-state index in [1.807, 2.05) is 25.1 Å². The quantitative estimate of drug-likeness (QED) is 0.708. The van der Waals surface area contributed by atoms with E-state index in [2.05, 4.69) is 24.0 Å². The molecule has 3 aromatic rings. The summed E-state index contributed by atoms with van der Waals surface area (Å²) in [6.45, 7) is 6.11. The predicted molar refractivity (Wildman–Crippen MR) is 100 cm³/mol. The molecule has 0 bridgehead atoms. The van der Waals surface area contributed by atoms with E-state index in [9.17, 15) is 4.79 Å². The number of Topliss-reactive ketones (excluding diaryl/α,β-unsaturated/α-hetero) is 1. The molecule has 0 atom stereocenters. The minimum atomic E-state index is -0.122. The number of methoxy groups -OCH3 is 2. The van der Waals surface area contributed by atoms with Gasteiger partial charge in [-0.25, -0.2) is 4.52 Å². The molecule has 0 amide bonds. The molecule has 0 saturated carbocycles. The Morgan fingerprint density at radius 2 is 1.81 bits per heavy atom. The van der Waals surface area contributed by atoms with Gasteiger partial charge in [-0.15, -0.1) is 10.2 Å². The van der Waals surface area contributed by atoms with Crippen molar-refractivity contribution in [1.82, 2.24) is 19.8 Å². The molecule has 0 N–H and O–H groups in total. The van der Waals surface area contributed by atoms with Crippen molar-refractivity contribution in [3.63, 3.8) is 0 Å². The third-order valence-electron chi connectivity index (χ3n) is 5.03. The van der Waals surface area contributed by atoms with Gasteiger partial charge in [0.15, 0.2) is 28.6 Å². The molecule has 140 valence electrons. The molecule has 7 heteroatoms. The molecule has 1 aromatic carbocycles. The van der Waals surface area contributed by atoms with Crippen LogP contribution in [-0.4, -0.2) is 39.8 Å². The Hall–Kier alpha value is -2.96. The van der Waals surface area contributed by atoms with Crippen LogP contribution in [0.2, 0.25) is 0 Å². The van der Waals surface area contributed by atoms with Gasteiger partial charge in [-0.2, -0.15) is 5.10 Å². The van der Waals surface area contributed by atoms with Crippen LogP contribution in [0, 0.1) is 12.3 Å². The van der Waals surface area contributed by atoms with Crippen molar-refractivity contribution in [2.75, 3.05) is 14.2 Å². The summed E-state index contributed by atoms with van der Waals surface area (Å²) < 4.78 is 12.5. The second-order valence-corrected chi connectivity index (χ2v) is 7.70. The number of fused-ring (bicyclic) bond motifs is 3. The lowest BCUT2D eigenvalue weighted by Crippen LogP contribution is -2.30. The number of carbonyl (C=O) groups excluding carboxylic acids is 1. The molecule has 4 rings (SSSR count). The normalized spacial score (nSPS) is 15.7. The fourth-order valence-corrected chi connectivity index (χ4v) is 3.79. The average molecular weight is 366 g/mol. The summed E-state index contributed by atoms with van der Waals surface area (Å²) in [5, 5.41) is 13.3. The van der Waals surface area contributed by atoms with E-state index in [1.54, 1.807) is 18.7 Å². The van der Waals surface area contributed by atoms with Gasteiger partial charge in [0, 0.05) is 6.42 Å². The fourth-order valence-electron chi connectivity index (χ4n) is 3.79. The molecule has 0 spiro atoms. The topological polar surface area (TPSA) is 78.6 Å². The molecule has 0 unspecified atom stereocenters. The summed E-state index contributed by atoms with van der Waals surface area (Å²) in [6.07, 6.45) is 1.20. The van der Waals surface area contributed by atoms with Gasteiger partial charge in [-0.05, 0) is 36.5 Å². The summed E-state index contributed by atoms with van der Waals surface area (Å²) in [4.78, 5) is 12.5. The molecule has 0 radical (unpaired) electrons. The first-order chi connectivity index (χ1) is 12.8. The molecule has 0 aliphatic heterocycles. The zero-order chi connectivity index (χ0) is 19.3. The number of carbonyl (C=O) groups is 1. The minimum absolute atomic E-state index is 0.0245. The molecule has 0 fully saturated rings. The minimum Gasteiger partial charge on any atom is -0.493 e. The molecule has 1 aliphatic carbocycles. The van der Waals surface area contributed by atoms with Crippen LogP contribution < -0.4 is 9.47 Å². The van der Waals surface area contributed by atoms with Crippen LogP contribution in [-0.2, 0) is 6.42 Å². The zero-order valence-corrected chi connectivity index (χ0v) is 16.2. The van der Waals surface area contributed by atoms with Gasteiger partial charge in [0.25, 0.3) is 0 Å². The largest absolute Gasteiger partial charge is 0.493 e. The van der Waals surface area contributed by atoms with E-state index in [4.69, 9.17) is 14.6 Å². The number of ether oxygens (including phenoxy) is 2. The van der Waals surface area contributed by atoms with E-state index in [-0.39, 0.29) is 11.2 Å². The molecule has 2 heterocycles. The number of benzene rings is 1. The summed E-state index contributed by atoms with van der Waals surface area (Å²) in [5.74, 6) is 1.32. The number of hydrogen-bond acceptors (Lipinski definition) is 6. The fraction of sp³-hybridized carbons (Fsp3) is 0.400. The highest BCUT2D eigenvalue weighted by Gasteiger charge is 2.35. The summed E-state index contributed by atoms with van der Waals surface area (Å²) in [6, 6.07) is 5.70. The van der Waals surface area contributed by atoms with Gasteiger partial charge in [0.2, 0.25) is 0 Å². The number of rotatable bonds is 3. The monoisotopic (exact) mass is 366 g/mol. The Morgan fingerprint density at radius 3 is 2.52 bits per heavy atom. The molecular weight excluding hydrogens is 344 g/mol. The highest BCUT2D eigenvalue weighted by molar-refractivity contribution is 5.97. The van der Waals surface area contributed by atoms with E-state index in [0.29, 0.717) is 29.3 Å². The van der Waals surface area contributed by atoms with Crippen LogP contribution >= 0.6 is 0 Å². The summed E-state index contributed by atoms with van der Waals surface area (Å²) in [7, 11) is 3.21. The summed E-state index contributed by atoms with van der Waals surface area (Å²) >= 11 is 0. The van der Waals surface area contributed by atoms with Crippen LogP contribution in [0.1, 0.15) is 42.1 Å². The molecule has 0 saturated heterocycles. The van der Waals surface area contributed by atoms with Gasteiger partial charge in [0.1, 0.15) is 0 Å². The van der Waals surface area contributed by atoms with Gasteiger partial charge in [-0.3, -0.25) is 4.79 Å². The number of nitrogens with zero attached hydrogens (tertiary/aromatic N) is 4. The third-order valence-corrected chi connectivity index (χ3v) is 5.03. The smallest absolute Gasteiger partial charge is 0.185 e. The standard InChI is InChI=1S/C20H22N4O3/c1-11-17(12-6-7-15(26-4)16(8-12)27-5)19-22-21-18-13(24(19)23-11)9-20(2,3)10-14(18)25/h6-8H,9-10H2,1-5H3. The summed E-state index contributed by atoms with van der Waals surface area (Å²) in [5.41, 5.74) is 4.39. The van der Waals surface area contributed by atoms with Crippen LogP contribution in [0.4, 0.5) is 0 Å². The maximum absolute atomic E-state index is 12.5. The maximum atomic E-state index is 12.5. The average Bonchev–Trinajstić information content (AvgIpc) is 2.96. The molecular formula is C20H22N4O3. The van der Waals surface area contributed by atoms with Crippen molar-refractivity contribution < 1.29 is 14.3 Å². The highest BCUT2D eigenvalue weighted by Crippen LogP contribution is 2.37. The Balaban J connectivity index is 1.94. The lowest BCUT2D eigenvalue weighted by atomic mass is 9.77. The zero-order valence-electron chi connectivity index (χ0n) is 16.2. The molecule has 1 aliphatic rings. The first-order valence-corrected chi connectivity index (χ1v) is 8.85. The van der Waals surface area contributed by atoms with E-state index in [1.165, 1.54) is 0 Å². The number of ketones is 1. The molecule has 27 heavy (non-hydrogen) atoms. The Bertz CT molecular complexity index is 1070. The Kier molecular flexibility index (Phi) is 3.91. The Labute approximate surface area is 157 Å². The van der Waals surface area contributed by atoms with Gasteiger partial charge in [-0.1, -0.05) is 19.9 Å². The first kappa shape index (κ1) is 17.5. The number of aryl methyl sites for hydroxylation is 1. The lowest BCUT2D eigenvalue weighted by molar-refractivity contribution is 0.0901. The molecule has 2 aromatic heterocycles. The van der Waals surface area contributed by atoms with Gasteiger partial charge < -0.3 is 9.47 Å². The van der Waals surface area contributed by atoms with Crippen molar-refractivity contribution in [3.05, 3.63) is 35.3 Å². The number of hydrogen-bond donors (Lipinski definition) is 0. The van der Waals surface area contributed by atoms with Crippen molar-refractivity contribution in [2.24, 2.45) is 5.41 Å². The highest BCUT2D eigenvalue weighted by atomic mass is 16.5. The van der Waals surface area contributed by atoms with Crippen molar-refractivity contribution in [2.45, 2.75) is 33.6 Å². The van der Waals surface area contributed by atoms with Crippen LogP contribution in [0.5, 0.6) is 11.5 Å². The van der Waals surface area contributed by atoms with Gasteiger partial charge in [0.05, 0.1) is 31.2 Å². The second kappa shape index (κ2) is 6.04. The Morgan fingerprint density at radius 1 is 1.07 bits per heavy atom. The van der Waals surface area contributed by atoms with Crippen LogP contribution in [0.3, 0.4) is 0 Å². The third kappa shape index (κ3) is 2.74. The predicted octanol–water partition coefficient (Wildman–Crippen LogP) is 3.27. The van der Waals surface area contributed by atoms with Crippen molar-refractivity contribution >= 4 is 11.4 Å². The lowest BCUT2D eigenvalue weighted by Gasteiger charge is -2.29. The van der Waals surface area contributed by atoms with Crippen molar-refractivity contribution in [1.29, 1.82) is 0 Å². The van der Waals surface area contributed by atoms with Crippen LogP contribution in [0.15, 0.2) is 18.2 Å². The van der Waals surface area contributed by atoms with E-state index < -0.39 is 0 Å². The first-order valence-electron chi connectivity index (χ1n) is 8.85. The second-order valence-electron chi connectivity index (χ2n) is 7.70. The molecule has 7 nitrogen and oxygen atoms in total.